The molecule has 0 bridgehead atoms. The molecular weight excluding hydrogens is 274 g/mol. The summed E-state index contributed by atoms with van der Waals surface area (Å²) in [5.74, 6) is 0.977. The van der Waals surface area contributed by atoms with Crippen LogP contribution in [0.2, 0.25) is 0 Å². The number of hydrogen-bond acceptors (Lipinski definition) is 2. The lowest BCUT2D eigenvalue weighted by molar-refractivity contribution is 0.315. The fourth-order valence-electron chi connectivity index (χ4n) is 3.76. The van der Waals surface area contributed by atoms with Crippen LogP contribution in [0.25, 0.3) is 10.1 Å². The zero-order valence-corrected chi connectivity index (χ0v) is 13.9. The van der Waals surface area contributed by atoms with Gasteiger partial charge in [-0.2, -0.15) is 0 Å². The van der Waals surface area contributed by atoms with Crippen LogP contribution in [0.5, 0.6) is 0 Å². The average Bonchev–Trinajstić information content (AvgIpc) is 2.96. The Morgan fingerprint density at radius 3 is 2.81 bits per heavy atom. The van der Waals surface area contributed by atoms with Gasteiger partial charge < -0.3 is 5.32 Å². The van der Waals surface area contributed by atoms with Crippen LogP contribution in [0, 0.1) is 5.92 Å². The first-order chi connectivity index (χ1) is 10.4. The summed E-state index contributed by atoms with van der Waals surface area (Å²) >= 11 is 1.89. The number of hydrogen-bond donors (Lipinski definition) is 1. The molecule has 1 aromatic carbocycles. The summed E-state index contributed by atoms with van der Waals surface area (Å²) in [7, 11) is 0. The zero-order chi connectivity index (χ0) is 14.5. The average molecular weight is 301 g/mol. The Hall–Kier alpha value is -0.860. The van der Waals surface area contributed by atoms with Crippen LogP contribution in [0.15, 0.2) is 29.6 Å². The van der Waals surface area contributed by atoms with Crippen LogP contribution in [0.1, 0.15) is 63.5 Å². The van der Waals surface area contributed by atoms with Crippen molar-refractivity contribution in [2.45, 2.75) is 57.9 Å². The second-order valence-electron chi connectivity index (χ2n) is 6.38. The molecule has 1 atom stereocenters. The van der Waals surface area contributed by atoms with Crippen molar-refractivity contribution in [1.29, 1.82) is 0 Å². The fraction of sp³-hybridized carbons (Fsp3) is 0.579. The Balaban J connectivity index is 1.71. The van der Waals surface area contributed by atoms with Gasteiger partial charge in [-0.1, -0.05) is 57.2 Å². The van der Waals surface area contributed by atoms with Crippen LogP contribution >= 0.6 is 11.3 Å². The molecule has 1 aliphatic carbocycles. The van der Waals surface area contributed by atoms with E-state index in [1.807, 2.05) is 11.3 Å². The van der Waals surface area contributed by atoms with Crippen molar-refractivity contribution in [2.75, 3.05) is 6.54 Å². The largest absolute Gasteiger partial charge is 0.310 e. The van der Waals surface area contributed by atoms with Crippen molar-refractivity contribution in [2.24, 2.45) is 5.92 Å². The first-order valence-corrected chi connectivity index (χ1v) is 9.46. The highest BCUT2D eigenvalue weighted by Crippen LogP contribution is 2.35. The molecule has 0 spiro atoms. The van der Waals surface area contributed by atoms with Gasteiger partial charge in [0.15, 0.2) is 0 Å². The van der Waals surface area contributed by atoms with E-state index in [1.54, 1.807) is 0 Å². The van der Waals surface area contributed by atoms with Crippen molar-refractivity contribution in [3.05, 3.63) is 35.2 Å². The number of benzene rings is 1. The Labute approximate surface area is 132 Å². The minimum atomic E-state index is 0.535. The Morgan fingerprint density at radius 2 is 2.00 bits per heavy atom. The molecule has 2 aromatic rings. The zero-order valence-electron chi connectivity index (χ0n) is 13.1. The second-order valence-corrected chi connectivity index (χ2v) is 7.29. The van der Waals surface area contributed by atoms with Gasteiger partial charge in [0, 0.05) is 10.7 Å². The first-order valence-electron chi connectivity index (χ1n) is 8.58. The van der Waals surface area contributed by atoms with Crippen LogP contribution in [0.4, 0.5) is 0 Å². The Morgan fingerprint density at radius 1 is 1.19 bits per heavy atom. The molecule has 1 aromatic heterocycles. The maximum atomic E-state index is 3.72. The molecule has 1 saturated carbocycles. The molecule has 3 rings (SSSR count). The van der Waals surface area contributed by atoms with E-state index in [9.17, 15) is 0 Å². The smallest absolute Gasteiger partial charge is 0.0346 e. The normalized spacial score (nSPS) is 18.1. The van der Waals surface area contributed by atoms with Gasteiger partial charge in [-0.15, -0.1) is 11.3 Å². The van der Waals surface area contributed by atoms with Crippen LogP contribution in [-0.4, -0.2) is 6.54 Å². The van der Waals surface area contributed by atoms with Gasteiger partial charge in [0.05, 0.1) is 0 Å². The molecule has 21 heavy (non-hydrogen) atoms. The Kier molecular flexibility index (Phi) is 5.32. The monoisotopic (exact) mass is 301 g/mol. The SMILES string of the molecule is CCNC(CCC1CCCCC1)c1csc2ccccc12. The summed E-state index contributed by atoms with van der Waals surface area (Å²) in [4.78, 5) is 0. The minimum Gasteiger partial charge on any atom is -0.310 e. The number of nitrogens with one attached hydrogen (secondary N) is 1. The van der Waals surface area contributed by atoms with Gasteiger partial charge in [-0.05, 0) is 47.7 Å². The van der Waals surface area contributed by atoms with Gasteiger partial charge in [-0.3, -0.25) is 0 Å². The van der Waals surface area contributed by atoms with E-state index in [2.05, 4.69) is 41.9 Å². The van der Waals surface area contributed by atoms with E-state index in [-0.39, 0.29) is 0 Å². The first kappa shape index (κ1) is 15.1. The van der Waals surface area contributed by atoms with Crippen molar-refractivity contribution in [1.82, 2.24) is 5.32 Å². The standard InChI is InChI=1S/C19H27NS/c1-2-20-18(13-12-15-8-4-3-5-9-15)17-14-21-19-11-7-6-10-16(17)19/h6-7,10-11,14-15,18,20H,2-5,8-9,12-13H2,1H3. The summed E-state index contributed by atoms with van der Waals surface area (Å²) in [6, 6.07) is 9.38. The number of thiophene rings is 1. The van der Waals surface area contributed by atoms with E-state index < -0.39 is 0 Å². The molecule has 0 saturated heterocycles. The predicted octanol–water partition coefficient (Wildman–Crippen LogP) is 5.91. The van der Waals surface area contributed by atoms with Gasteiger partial charge in [0.25, 0.3) is 0 Å². The van der Waals surface area contributed by atoms with Crippen LogP contribution < -0.4 is 5.32 Å². The maximum absolute atomic E-state index is 3.72. The van der Waals surface area contributed by atoms with Gasteiger partial charge in [-0.25, -0.2) is 0 Å². The summed E-state index contributed by atoms with van der Waals surface area (Å²) in [6.07, 6.45) is 9.98. The van der Waals surface area contributed by atoms with E-state index >= 15 is 0 Å². The number of fused-ring (bicyclic) bond motifs is 1. The maximum Gasteiger partial charge on any atom is 0.0346 e. The molecule has 1 nitrogen and oxygen atoms in total. The minimum absolute atomic E-state index is 0.535. The lowest BCUT2D eigenvalue weighted by atomic mass is 9.84. The van der Waals surface area contributed by atoms with Crippen molar-refractivity contribution < 1.29 is 0 Å². The van der Waals surface area contributed by atoms with Crippen molar-refractivity contribution >= 4 is 21.4 Å². The lowest BCUT2D eigenvalue weighted by Crippen LogP contribution is -2.21. The molecule has 2 heteroatoms. The molecule has 0 amide bonds. The third-order valence-corrected chi connectivity index (χ3v) is 5.91. The number of rotatable bonds is 6. The molecule has 1 aliphatic rings. The summed E-state index contributed by atoms with van der Waals surface area (Å²) in [5, 5.41) is 7.55. The summed E-state index contributed by atoms with van der Waals surface area (Å²) in [6.45, 7) is 3.28. The highest BCUT2D eigenvalue weighted by Gasteiger charge is 2.19. The van der Waals surface area contributed by atoms with Crippen molar-refractivity contribution in [3.63, 3.8) is 0 Å². The molecule has 114 valence electrons. The van der Waals surface area contributed by atoms with Gasteiger partial charge in [0.2, 0.25) is 0 Å². The van der Waals surface area contributed by atoms with E-state index in [0.717, 1.165) is 12.5 Å². The second kappa shape index (κ2) is 7.42. The highest BCUT2D eigenvalue weighted by atomic mass is 32.1. The van der Waals surface area contributed by atoms with E-state index in [4.69, 9.17) is 0 Å². The lowest BCUT2D eigenvalue weighted by Gasteiger charge is -2.24. The van der Waals surface area contributed by atoms with E-state index in [1.165, 1.54) is 60.6 Å². The molecule has 0 radical (unpaired) electrons. The summed E-state index contributed by atoms with van der Waals surface area (Å²) < 4.78 is 1.42. The van der Waals surface area contributed by atoms with E-state index in [0.29, 0.717) is 6.04 Å². The van der Waals surface area contributed by atoms with Crippen molar-refractivity contribution in [3.8, 4) is 0 Å². The molecule has 1 N–H and O–H groups in total. The van der Waals surface area contributed by atoms with Gasteiger partial charge in [0.1, 0.15) is 0 Å². The molecule has 1 unspecified atom stereocenters. The van der Waals surface area contributed by atoms with Gasteiger partial charge >= 0.3 is 0 Å². The highest BCUT2D eigenvalue weighted by molar-refractivity contribution is 7.17. The fourth-order valence-corrected chi connectivity index (χ4v) is 4.78. The molecule has 1 heterocycles. The topological polar surface area (TPSA) is 12.0 Å². The quantitative estimate of drug-likeness (QED) is 0.699. The van der Waals surface area contributed by atoms with Crippen LogP contribution in [-0.2, 0) is 0 Å². The third kappa shape index (κ3) is 3.67. The molecular formula is C19H27NS. The Bertz CT molecular complexity index is 553. The van der Waals surface area contributed by atoms with Crippen LogP contribution in [0.3, 0.4) is 0 Å². The predicted molar refractivity (Wildman–Crippen MR) is 94.1 cm³/mol. The molecule has 1 fully saturated rings. The molecule has 0 aliphatic heterocycles. The third-order valence-electron chi connectivity index (χ3n) is 4.93. The summed E-state index contributed by atoms with van der Waals surface area (Å²) in [5.41, 5.74) is 1.52.